The van der Waals surface area contributed by atoms with Gasteiger partial charge in [0.25, 0.3) is 0 Å². The van der Waals surface area contributed by atoms with Crippen molar-refractivity contribution in [1.29, 1.82) is 0 Å². The van der Waals surface area contributed by atoms with E-state index >= 15 is 0 Å². The van der Waals surface area contributed by atoms with Gasteiger partial charge in [-0.1, -0.05) is 13.3 Å². The van der Waals surface area contributed by atoms with Crippen LogP contribution in [0.3, 0.4) is 0 Å². The molecule has 0 N–H and O–H groups in total. The van der Waals surface area contributed by atoms with Gasteiger partial charge < -0.3 is 9.64 Å². The van der Waals surface area contributed by atoms with Gasteiger partial charge in [-0.2, -0.15) is 0 Å². The Morgan fingerprint density at radius 2 is 2.10 bits per heavy atom. The Kier molecular flexibility index (Phi) is 6.06. The van der Waals surface area contributed by atoms with Gasteiger partial charge in [-0.25, -0.2) is 0 Å². The van der Waals surface area contributed by atoms with Gasteiger partial charge in [-0.15, -0.1) is 0 Å². The molecule has 0 bridgehead atoms. The van der Waals surface area contributed by atoms with Gasteiger partial charge in [0.05, 0.1) is 6.61 Å². The number of ether oxygens (including phenoxy) is 1. The number of aldehydes is 1. The molecule has 1 aliphatic heterocycles. The number of piperidine rings is 1. The van der Waals surface area contributed by atoms with Crippen LogP contribution in [0.4, 0.5) is 0 Å². The van der Waals surface area contributed by atoms with E-state index in [4.69, 9.17) is 4.74 Å². The monoisotopic (exact) mass is 275 g/mol. The molecule has 1 aliphatic rings. The zero-order valence-corrected chi connectivity index (χ0v) is 12.4. The molecule has 1 saturated heterocycles. The topological polar surface area (TPSA) is 29.5 Å². The number of hydrogen-bond acceptors (Lipinski definition) is 3. The fourth-order valence-corrected chi connectivity index (χ4v) is 2.92. The lowest BCUT2D eigenvalue weighted by molar-refractivity contribution is 0.112. The molecule has 0 amide bonds. The van der Waals surface area contributed by atoms with E-state index in [9.17, 15) is 4.79 Å². The first-order valence-corrected chi connectivity index (χ1v) is 7.75. The molecular formula is C17H25NO2. The lowest BCUT2D eigenvalue weighted by Crippen LogP contribution is -2.40. The van der Waals surface area contributed by atoms with Crippen LogP contribution in [-0.4, -0.2) is 36.9 Å². The SMILES string of the molecule is CC[C@@H]1CCCCN1CCCOc1ccc(C=O)cc1. The van der Waals surface area contributed by atoms with Crippen LogP contribution in [-0.2, 0) is 0 Å². The molecule has 0 unspecified atom stereocenters. The van der Waals surface area contributed by atoms with Gasteiger partial charge in [-0.3, -0.25) is 4.79 Å². The molecule has 0 spiro atoms. The standard InChI is InChI=1S/C17H25NO2/c1-2-16-6-3-4-11-18(16)12-5-13-20-17-9-7-15(14-19)8-10-17/h7-10,14,16H,2-6,11-13H2,1H3/t16-/m1/s1. The van der Waals surface area contributed by atoms with Crippen LogP contribution in [0.2, 0.25) is 0 Å². The summed E-state index contributed by atoms with van der Waals surface area (Å²) in [5, 5.41) is 0. The summed E-state index contributed by atoms with van der Waals surface area (Å²) in [6, 6.07) is 8.08. The summed E-state index contributed by atoms with van der Waals surface area (Å²) in [5.74, 6) is 0.848. The lowest BCUT2D eigenvalue weighted by atomic mass is 10.00. The molecule has 0 radical (unpaired) electrons. The van der Waals surface area contributed by atoms with Crippen molar-refractivity contribution < 1.29 is 9.53 Å². The normalized spacial score (nSPS) is 19.8. The maximum absolute atomic E-state index is 10.6. The molecule has 3 nitrogen and oxygen atoms in total. The molecule has 0 aliphatic carbocycles. The molecule has 110 valence electrons. The molecule has 0 saturated carbocycles. The van der Waals surface area contributed by atoms with Crippen LogP contribution in [0.1, 0.15) is 49.4 Å². The van der Waals surface area contributed by atoms with E-state index < -0.39 is 0 Å². The molecular weight excluding hydrogens is 250 g/mol. The smallest absolute Gasteiger partial charge is 0.150 e. The van der Waals surface area contributed by atoms with Gasteiger partial charge in [0.2, 0.25) is 0 Å². The Morgan fingerprint density at radius 3 is 2.80 bits per heavy atom. The first-order chi connectivity index (χ1) is 9.83. The Balaban J connectivity index is 1.68. The molecule has 0 aromatic heterocycles. The highest BCUT2D eigenvalue weighted by Gasteiger charge is 2.19. The van der Waals surface area contributed by atoms with E-state index in [2.05, 4.69) is 11.8 Å². The summed E-state index contributed by atoms with van der Waals surface area (Å²) in [7, 11) is 0. The van der Waals surface area contributed by atoms with Crippen molar-refractivity contribution in [2.24, 2.45) is 0 Å². The molecule has 1 aromatic carbocycles. The Morgan fingerprint density at radius 1 is 1.30 bits per heavy atom. The van der Waals surface area contributed by atoms with Crippen molar-refractivity contribution in [3.63, 3.8) is 0 Å². The average molecular weight is 275 g/mol. The second-order valence-corrected chi connectivity index (χ2v) is 5.48. The van der Waals surface area contributed by atoms with E-state index in [-0.39, 0.29) is 0 Å². The Bertz CT molecular complexity index is 402. The highest BCUT2D eigenvalue weighted by Crippen LogP contribution is 2.19. The Hall–Kier alpha value is -1.35. The molecule has 1 aromatic rings. The van der Waals surface area contributed by atoms with E-state index in [1.54, 1.807) is 12.1 Å². The molecule has 1 atom stereocenters. The van der Waals surface area contributed by atoms with Gasteiger partial charge in [0.15, 0.2) is 0 Å². The van der Waals surface area contributed by atoms with Crippen molar-refractivity contribution in [2.45, 2.75) is 45.1 Å². The molecule has 20 heavy (non-hydrogen) atoms. The average Bonchev–Trinajstić information content (AvgIpc) is 2.52. The van der Waals surface area contributed by atoms with E-state index in [1.807, 2.05) is 12.1 Å². The number of likely N-dealkylation sites (tertiary alicyclic amines) is 1. The molecule has 3 heteroatoms. The van der Waals surface area contributed by atoms with Crippen LogP contribution in [0.25, 0.3) is 0 Å². The predicted octanol–water partition coefficient (Wildman–Crippen LogP) is 3.53. The first kappa shape index (κ1) is 15.0. The second-order valence-electron chi connectivity index (χ2n) is 5.48. The van der Waals surface area contributed by atoms with Crippen molar-refractivity contribution >= 4 is 6.29 Å². The zero-order chi connectivity index (χ0) is 14.2. The van der Waals surface area contributed by atoms with Crippen LogP contribution in [0, 0.1) is 0 Å². The van der Waals surface area contributed by atoms with Crippen LogP contribution in [0.5, 0.6) is 5.75 Å². The van der Waals surface area contributed by atoms with E-state index in [0.717, 1.165) is 37.6 Å². The summed E-state index contributed by atoms with van der Waals surface area (Å²) < 4.78 is 5.72. The third kappa shape index (κ3) is 4.34. The minimum Gasteiger partial charge on any atom is -0.494 e. The first-order valence-electron chi connectivity index (χ1n) is 7.75. The van der Waals surface area contributed by atoms with Gasteiger partial charge in [0.1, 0.15) is 12.0 Å². The molecule has 1 heterocycles. The number of nitrogens with zero attached hydrogens (tertiary/aromatic N) is 1. The minimum atomic E-state index is 0.691. The van der Waals surface area contributed by atoms with Crippen LogP contribution >= 0.6 is 0 Å². The quantitative estimate of drug-likeness (QED) is 0.563. The fraction of sp³-hybridized carbons (Fsp3) is 0.588. The summed E-state index contributed by atoms with van der Waals surface area (Å²) >= 11 is 0. The van der Waals surface area contributed by atoms with Crippen LogP contribution in [0.15, 0.2) is 24.3 Å². The highest BCUT2D eigenvalue weighted by atomic mass is 16.5. The highest BCUT2D eigenvalue weighted by molar-refractivity contribution is 5.74. The zero-order valence-electron chi connectivity index (χ0n) is 12.4. The predicted molar refractivity (Wildman–Crippen MR) is 81.4 cm³/mol. The maximum atomic E-state index is 10.6. The van der Waals surface area contributed by atoms with E-state index in [1.165, 1.54) is 32.2 Å². The third-order valence-electron chi connectivity index (χ3n) is 4.09. The Labute approximate surface area is 121 Å². The van der Waals surface area contributed by atoms with Crippen LogP contribution < -0.4 is 4.74 Å². The van der Waals surface area contributed by atoms with Crippen molar-refractivity contribution in [3.8, 4) is 5.75 Å². The second kappa shape index (κ2) is 8.05. The third-order valence-corrected chi connectivity index (χ3v) is 4.09. The summed E-state index contributed by atoms with van der Waals surface area (Å²) in [6.07, 6.45) is 7.24. The van der Waals surface area contributed by atoms with Gasteiger partial charge >= 0.3 is 0 Å². The van der Waals surface area contributed by atoms with Gasteiger partial charge in [0, 0.05) is 18.2 Å². The summed E-state index contributed by atoms with van der Waals surface area (Å²) in [6.45, 7) is 5.40. The lowest BCUT2D eigenvalue weighted by Gasteiger charge is -2.35. The summed E-state index contributed by atoms with van der Waals surface area (Å²) in [5.41, 5.74) is 0.691. The summed E-state index contributed by atoms with van der Waals surface area (Å²) in [4.78, 5) is 13.2. The number of benzene rings is 1. The molecule has 1 fully saturated rings. The van der Waals surface area contributed by atoms with Crippen molar-refractivity contribution in [2.75, 3.05) is 19.7 Å². The molecule has 2 rings (SSSR count). The number of carbonyl (C=O) groups excluding carboxylic acids is 1. The van der Waals surface area contributed by atoms with E-state index in [0.29, 0.717) is 5.56 Å². The van der Waals surface area contributed by atoms with Gasteiger partial charge in [-0.05, 0) is 56.5 Å². The minimum absolute atomic E-state index is 0.691. The maximum Gasteiger partial charge on any atom is 0.150 e. The number of carbonyl (C=O) groups is 1. The fourth-order valence-electron chi connectivity index (χ4n) is 2.92. The number of hydrogen-bond donors (Lipinski definition) is 0. The van der Waals surface area contributed by atoms with Crippen molar-refractivity contribution in [1.82, 2.24) is 4.90 Å². The largest absolute Gasteiger partial charge is 0.494 e. The number of rotatable bonds is 7. The van der Waals surface area contributed by atoms with Crippen molar-refractivity contribution in [3.05, 3.63) is 29.8 Å².